The highest BCUT2D eigenvalue weighted by Gasteiger charge is 2.33. The summed E-state index contributed by atoms with van der Waals surface area (Å²) in [6.45, 7) is 4.52. The van der Waals surface area contributed by atoms with Gasteiger partial charge in [0, 0.05) is 16.6 Å². The molecule has 0 saturated heterocycles. The number of hydrogen-bond donors (Lipinski definition) is 1. The third-order valence-corrected chi connectivity index (χ3v) is 3.67. The Morgan fingerprint density at radius 3 is 2.64 bits per heavy atom. The molecule has 1 aromatic rings. The van der Waals surface area contributed by atoms with Crippen molar-refractivity contribution in [1.82, 2.24) is 5.32 Å². The van der Waals surface area contributed by atoms with Crippen molar-refractivity contribution in [2.75, 3.05) is 0 Å². The Labute approximate surface area is 94.0 Å². The van der Waals surface area contributed by atoms with Gasteiger partial charge in [0.2, 0.25) is 0 Å². The summed E-state index contributed by atoms with van der Waals surface area (Å²) in [5.41, 5.74) is 1.35. The molecule has 1 fully saturated rings. The average Bonchev–Trinajstić information content (AvgIpc) is 2.82. The van der Waals surface area contributed by atoms with E-state index in [1.54, 1.807) is 0 Å². The monoisotopic (exact) mass is 253 g/mol. The molecular weight excluding hydrogens is 238 g/mol. The van der Waals surface area contributed by atoms with Gasteiger partial charge in [-0.15, -0.1) is 0 Å². The maximum Gasteiger partial charge on any atom is 0.0305 e. The van der Waals surface area contributed by atoms with Crippen molar-refractivity contribution in [2.24, 2.45) is 5.92 Å². The van der Waals surface area contributed by atoms with Crippen LogP contribution in [-0.2, 0) is 0 Å². The molecule has 14 heavy (non-hydrogen) atoms. The molecule has 76 valence electrons. The molecule has 0 heterocycles. The van der Waals surface area contributed by atoms with Gasteiger partial charge in [0.25, 0.3) is 0 Å². The molecule has 0 aliphatic heterocycles. The molecule has 1 aromatic carbocycles. The van der Waals surface area contributed by atoms with Crippen LogP contribution in [0.3, 0.4) is 0 Å². The van der Waals surface area contributed by atoms with Gasteiger partial charge >= 0.3 is 0 Å². The summed E-state index contributed by atoms with van der Waals surface area (Å²) in [6.07, 6.45) is 1.33. The molecule has 0 aromatic heterocycles. The molecule has 3 atom stereocenters. The largest absolute Gasteiger partial charge is 0.307 e. The first-order valence-corrected chi connectivity index (χ1v) is 5.98. The first-order chi connectivity index (χ1) is 6.68. The van der Waals surface area contributed by atoms with E-state index in [9.17, 15) is 0 Å². The lowest BCUT2D eigenvalue weighted by atomic mass is 10.1. The van der Waals surface area contributed by atoms with Gasteiger partial charge in [-0.1, -0.05) is 41.1 Å². The van der Waals surface area contributed by atoms with Crippen LogP contribution in [-0.4, -0.2) is 6.04 Å². The molecule has 0 bridgehead atoms. The predicted molar refractivity (Wildman–Crippen MR) is 63.3 cm³/mol. The fourth-order valence-corrected chi connectivity index (χ4v) is 2.42. The molecule has 0 spiro atoms. The summed E-state index contributed by atoms with van der Waals surface area (Å²) in [5.74, 6) is 0.861. The van der Waals surface area contributed by atoms with Crippen molar-refractivity contribution in [3.63, 3.8) is 0 Å². The zero-order chi connectivity index (χ0) is 10.1. The van der Waals surface area contributed by atoms with E-state index in [4.69, 9.17) is 0 Å². The topological polar surface area (TPSA) is 12.0 Å². The van der Waals surface area contributed by atoms with E-state index >= 15 is 0 Å². The maximum absolute atomic E-state index is 3.63. The second-order valence-electron chi connectivity index (χ2n) is 4.23. The Kier molecular flexibility index (Phi) is 2.93. The molecule has 1 aliphatic carbocycles. The van der Waals surface area contributed by atoms with E-state index in [2.05, 4.69) is 59.4 Å². The van der Waals surface area contributed by atoms with Crippen LogP contribution in [0.5, 0.6) is 0 Å². The van der Waals surface area contributed by atoms with E-state index in [-0.39, 0.29) is 0 Å². The summed E-state index contributed by atoms with van der Waals surface area (Å²) in [4.78, 5) is 0. The van der Waals surface area contributed by atoms with Gasteiger partial charge < -0.3 is 5.32 Å². The minimum atomic E-state index is 0.445. The van der Waals surface area contributed by atoms with Gasteiger partial charge in [-0.25, -0.2) is 0 Å². The van der Waals surface area contributed by atoms with Crippen LogP contribution in [0.1, 0.15) is 31.9 Å². The molecule has 3 unspecified atom stereocenters. The zero-order valence-electron chi connectivity index (χ0n) is 8.63. The van der Waals surface area contributed by atoms with Gasteiger partial charge in [-0.05, 0) is 30.9 Å². The van der Waals surface area contributed by atoms with E-state index in [1.165, 1.54) is 16.5 Å². The van der Waals surface area contributed by atoms with Gasteiger partial charge in [0.05, 0.1) is 0 Å². The van der Waals surface area contributed by atoms with Crippen LogP contribution in [0.4, 0.5) is 0 Å². The summed E-state index contributed by atoms with van der Waals surface area (Å²) < 4.78 is 1.20. The maximum atomic E-state index is 3.63. The lowest BCUT2D eigenvalue weighted by molar-refractivity contribution is 0.550. The standard InChI is InChI=1S/C12H16BrN/c1-8-7-12(8)14-9(2)10-5-3-4-6-11(10)13/h3-6,8-9,12,14H,7H2,1-2H3. The highest BCUT2D eigenvalue weighted by Crippen LogP contribution is 2.32. The summed E-state index contributed by atoms with van der Waals surface area (Å²) >= 11 is 3.58. The summed E-state index contributed by atoms with van der Waals surface area (Å²) in [7, 11) is 0. The third kappa shape index (κ3) is 2.18. The normalized spacial score (nSPS) is 27.4. The predicted octanol–water partition coefficient (Wildman–Crippen LogP) is 3.51. The lowest BCUT2D eigenvalue weighted by Gasteiger charge is -2.15. The molecular formula is C12H16BrN. The lowest BCUT2D eigenvalue weighted by Crippen LogP contribution is -2.22. The van der Waals surface area contributed by atoms with Crippen molar-refractivity contribution in [1.29, 1.82) is 0 Å². The van der Waals surface area contributed by atoms with Crippen LogP contribution in [0.2, 0.25) is 0 Å². The first kappa shape index (κ1) is 10.2. The van der Waals surface area contributed by atoms with Gasteiger partial charge in [-0.3, -0.25) is 0 Å². The smallest absolute Gasteiger partial charge is 0.0305 e. The highest BCUT2D eigenvalue weighted by molar-refractivity contribution is 9.10. The van der Waals surface area contributed by atoms with Crippen LogP contribution in [0.25, 0.3) is 0 Å². The number of halogens is 1. The fourth-order valence-electron chi connectivity index (χ4n) is 1.79. The van der Waals surface area contributed by atoms with Crippen molar-refractivity contribution in [2.45, 2.75) is 32.4 Å². The second kappa shape index (κ2) is 4.03. The molecule has 2 rings (SSSR count). The second-order valence-corrected chi connectivity index (χ2v) is 5.08. The van der Waals surface area contributed by atoms with Crippen molar-refractivity contribution >= 4 is 15.9 Å². The third-order valence-electron chi connectivity index (χ3n) is 2.95. The van der Waals surface area contributed by atoms with Gasteiger partial charge in [0.1, 0.15) is 0 Å². The zero-order valence-corrected chi connectivity index (χ0v) is 10.2. The number of benzene rings is 1. The Hall–Kier alpha value is -0.340. The van der Waals surface area contributed by atoms with E-state index in [0.717, 1.165) is 12.0 Å². The Morgan fingerprint density at radius 2 is 2.07 bits per heavy atom. The molecule has 0 amide bonds. The fraction of sp³-hybridized carbons (Fsp3) is 0.500. The van der Waals surface area contributed by atoms with Crippen molar-refractivity contribution in [3.05, 3.63) is 34.3 Å². The molecule has 1 aliphatic rings. The average molecular weight is 254 g/mol. The molecule has 0 radical (unpaired) electrons. The number of rotatable bonds is 3. The molecule has 1 saturated carbocycles. The number of hydrogen-bond acceptors (Lipinski definition) is 1. The van der Waals surface area contributed by atoms with E-state index < -0.39 is 0 Å². The molecule has 1 N–H and O–H groups in total. The van der Waals surface area contributed by atoms with Gasteiger partial charge in [-0.2, -0.15) is 0 Å². The summed E-state index contributed by atoms with van der Waals surface area (Å²) in [6, 6.07) is 9.60. The van der Waals surface area contributed by atoms with Crippen LogP contribution >= 0.6 is 15.9 Å². The number of nitrogens with one attached hydrogen (secondary N) is 1. The summed E-state index contributed by atoms with van der Waals surface area (Å²) in [5, 5.41) is 3.63. The Balaban J connectivity index is 2.03. The first-order valence-electron chi connectivity index (χ1n) is 5.19. The Morgan fingerprint density at radius 1 is 1.43 bits per heavy atom. The minimum Gasteiger partial charge on any atom is -0.307 e. The molecule has 1 nitrogen and oxygen atoms in total. The van der Waals surface area contributed by atoms with Crippen LogP contribution < -0.4 is 5.32 Å². The van der Waals surface area contributed by atoms with Crippen molar-refractivity contribution in [3.8, 4) is 0 Å². The van der Waals surface area contributed by atoms with E-state index in [1.807, 2.05) is 0 Å². The van der Waals surface area contributed by atoms with E-state index in [0.29, 0.717) is 6.04 Å². The van der Waals surface area contributed by atoms with Crippen LogP contribution in [0.15, 0.2) is 28.7 Å². The SMILES string of the molecule is CC(NC1CC1C)c1ccccc1Br. The minimum absolute atomic E-state index is 0.445. The quantitative estimate of drug-likeness (QED) is 0.870. The van der Waals surface area contributed by atoms with Crippen molar-refractivity contribution < 1.29 is 0 Å². The molecule has 2 heteroatoms. The highest BCUT2D eigenvalue weighted by atomic mass is 79.9. The van der Waals surface area contributed by atoms with Gasteiger partial charge in [0.15, 0.2) is 0 Å². The Bertz CT molecular complexity index is 324. The van der Waals surface area contributed by atoms with Crippen LogP contribution in [0, 0.1) is 5.92 Å².